The molecule has 2 heterocycles. The quantitative estimate of drug-likeness (QED) is 0.134. The summed E-state index contributed by atoms with van der Waals surface area (Å²) in [5, 5.41) is 0. The van der Waals surface area contributed by atoms with Crippen molar-refractivity contribution in [3.05, 3.63) is 60.2 Å². The van der Waals surface area contributed by atoms with Crippen molar-refractivity contribution in [2.24, 2.45) is 0 Å². The molecule has 2 aromatic heterocycles. The molecule has 38 heavy (non-hydrogen) atoms. The number of aromatic nitrogens is 2. The summed E-state index contributed by atoms with van der Waals surface area (Å²) in [6.07, 6.45) is 27.0. The summed E-state index contributed by atoms with van der Waals surface area (Å²) >= 11 is 0. The lowest BCUT2D eigenvalue weighted by atomic mass is 10.1. The van der Waals surface area contributed by atoms with Crippen LogP contribution in [0, 0.1) is 0 Å². The molecule has 0 bridgehead atoms. The van der Waals surface area contributed by atoms with Crippen LogP contribution in [0.1, 0.15) is 115 Å². The Morgan fingerprint density at radius 3 is 1.34 bits per heavy atom. The van der Waals surface area contributed by atoms with Crippen molar-refractivity contribution in [3.63, 3.8) is 0 Å². The molecule has 0 atom stereocenters. The van der Waals surface area contributed by atoms with Crippen LogP contribution in [0.2, 0.25) is 0 Å². The van der Waals surface area contributed by atoms with E-state index in [0.29, 0.717) is 13.2 Å². The fourth-order valence-corrected chi connectivity index (χ4v) is 4.54. The van der Waals surface area contributed by atoms with E-state index in [2.05, 4.69) is 72.0 Å². The third-order valence-electron chi connectivity index (χ3n) is 6.74. The van der Waals surface area contributed by atoms with Crippen LogP contribution < -0.4 is 43.1 Å². The minimum Gasteiger partial charge on any atom is -1.00 e. The van der Waals surface area contributed by atoms with Gasteiger partial charge in [-0.1, -0.05) is 65.2 Å². The first-order valence-corrected chi connectivity index (χ1v) is 14.9. The van der Waals surface area contributed by atoms with E-state index in [9.17, 15) is 0 Å². The summed E-state index contributed by atoms with van der Waals surface area (Å²) in [6.45, 7) is 9.73. The van der Waals surface area contributed by atoms with Gasteiger partial charge in [0.2, 0.25) is 0 Å². The van der Waals surface area contributed by atoms with Crippen molar-refractivity contribution in [3.8, 4) is 0 Å². The highest BCUT2D eigenvalue weighted by molar-refractivity contribution is 5.04. The summed E-state index contributed by atoms with van der Waals surface area (Å²) < 4.78 is 16.5. The predicted molar refractivity (Wildman–Crippen MR) is 149 cm³/mol. The maximum atomic E-state index is 5.92. The van der Waals surface area contributed by atoms with Gasteiger partial charge in [0.05, 0.1) is 13.2 Å². The number of hydrogen-bond donors (Lipinski definition) is 0. The van der Waals surface area contributed by atoms with Crippen molar-refractivity contribution in [1.29, 1.82) is 0 Å². The molecule has 0 aliphatic heterocycles. The van der Waals surface area contributed by atoms with Gasteiger partial charge < -0.3 is 43.4 Å². The van der Waals surface area contributed by atoms with Crippen LogP contribution in [-0.2, 0) is 35.8 Å². The lowest BCUT2D eigenvalue weighted by Crippen LogP contribution is -3.00. The van der Waals surface area contributed by atoms with E-state index in [1.54, 1.807) is 0 Å². The fourth-order valence-electron chi connectivity index (χ4n) is 4.54. The molecule has 0 amide bonds. The van der Waals surface area contributed by atoms with Gasteiger partial charge in [-0.25, -0.2) is 9.13 Å². The molecular weight excluding hydrogens is 604 g/mol. The van der Waals surface area contributed by atoms with Crippen LogP contribution in [0.3, 0.4) is 0 Å². The van der Waals surface area contributed by atoms with Crippen LogP contribution >= 0.6 is 0 Å². The summed E-state index contributed by atoms with van der Waals surface area (Å²) in [4.78, 5) is 0. The topological polar surface area (TPSA) is 26.2 Å². The maximum absolute atomic E-state index is 5.92. The standard InChI is InChI=1S/C32H54N2O2.2BrH/c1-3-5-7-9-11-13-21-33-23-17-19-31(27-33)29-35-25-15-16-26-36-30-32-20-18-24-34(28-32)22-14-12-10-8-6-4-2;;/h17-20,23-24,27-28H,3-16,21-22,25-26,29-30H2,1-2H3;2*1H/q+2;;/p-2. The largest absolute Gasteiger partial charge is 1.00 e. The number of halogens is 2. The minimum atomic E-state index is 0. The highest BCUT2D eigenvalue weighted by atomic mass is 79.9. The van der Waals surface area contributed by atoms with Gasteiger partial charge in [0, 0.05) is 49.3 Å². The van der Waals surface area contributed by atoms with E-state index in [0.717, 1.165) is 39.1 Å². The van der Waals surface area contributed by atoms with Crippen molar-refractivity contribution in [1.82, 2.24) is 0 Å². The third kappa shape index (κ3) is 19.3. The Hall–Kier alpha value is -0.820. The minimum absolute atomic E-state index is 0. The number of nitrogens with zero attached hydrogens (tertiary/aromatic N) is 2. The predicted octanol–water partition coefficient (Wildman–Crippen LogP) is 1.50. The number of aryl methyl sites for hydroxylation is 2. The lowest BCUT2D eigenvalue weighted by Gasteiger charge is -2.06. The molecule has 0 N–H and O–H groups in total. The van der Waals surface area contributed by atoms with Gasteiger partial charge in [-0.2, -0.15) is 0 Å². The molecule has 218 valence electrons. The van der Waals surface area contributed by atoms with E-state index < -0.39 is 0 Å². The molecule has 0 aliphatic carbocycles. The van der Waals surface area contributed by atoms with Gasteiger partial charge in [0.25, 0.3) is 0 Å². The Kier molecular flexibility index (Phi) is 25.8. The van der Waals surface area contributed by atoms with Crippen molar-refractivity contribution in [2.45, 2.75) is 130 Å². The second-order valence-corrected chi connectivity index (χ2v) is 10.2. The van der Waals surface area contributed by atoms with Gasteiger partial charge in [-0.15, -0.1) is 0 Å². The second-order valence-electron chi connectivity index (χ2n) is 10.2. The van der Waals surface area contributed by atoms with Gasteiger partial charge in [0.1, 0.15) is 13.1 Å². The molecular formula is C32H54Br2N2O2. The van der Waals surface area contributed by atoms with Gasteiger partial charge in [0.15, 0.2) is 24.8 Å². The first kappa shape index (κ1) is 37.2. The smallest absolute Gasteiger partial charge is 0.174 e. The Bertz CT molecular complexity index is 726. The number of rotatable bonds is 23. The zero-order valence-corrected chi connectivity index (χ0v) is 27.4. The van der Waals surface area contributed by atoms with Crippen LogP contribution in [0.15, 0.2) is 49.1 Å². The lowest BCUT2D eigenvalue weighted by molar-refractivity contribution is -0.698. The molecule has 6 heteroatoms. The van der Waals surface area contributed by atoms with Crippen molar-refractivity contribution < 1.29 is 52.6 Å². The van der Waals surface area contributed by atoms with E-state index in [-0.39, 0.29) is 34.0 Å². The summed E-state index contributed by atoms with van der Waals surface area (Å²) in [7, 11) is 0. The molecule has 0 saturated carbocycles. The number of ether oxygens (including phenoxy) is 2. The van der Waals surface area contributed by atoms with Crippen molar-refractivity contribution >= 4 is 0 Å². The molecule has 0 radical (unpaired) electrons. The maximum Gasteiger partial charge on any atom is 0.174 e. The molecule has 0 spiro atoms. The van der Waals surface area contributed by atoms with E-state index in [1.165, 1.54) is 88.2 Å². The van der Waals surface area contributed by atoms with E-state index in [1.807, 2.05) is 0 Å². The molecule has 4 nitrogen and oxygen atoms in total. The molecule has 0 unspecified atom stereocenters. The first-order valence-electron chi connectivity index (χ1n) is 14.9. The van der Waals surface area contributed by atoms with Crippen LogP contribution in [-0.4, -0.2) is 13.2 Å². The summed E-state index contributed by atoms with van der Waals surface area (Å²) in [6, 6.07) is 8.62. The average Bonchev–Trinajstić information content (AvgIpc) is 2.90. The van der Waals surface area contributed by atoms with Gasteiger partial charge in [-0.3, -0.25) is 0 Å². The Labute approximate surface area is 255 Å². The van der Waals surface area contributed by atoms with Gasteiger partial charge >= 0.3 is 0 Å². The molecule has 2 aromatic rings. The third-order valence-corrected chi connectivity index (χ3v) is 6.74. The Morgan fingerprint density at radius 1 is 0.526 bits per heavy atom. The normalized spacial score (nSPS) is 10.7. The summed E-state index contributed by atoms with van der Waals surface area (Å²) in [5.41, 5.74) is 2.52. The fraction of sp³-hybridized carbons (Fsp3) is 0.688. The molecule has 0 aromatic carbocycles. The molecule has 0 fully saturated rings. The molecule has 0 saturated heterocycles. The zero-order valence-electron chi connectivity index (χ0n) is 24.2. The highest BCUT2D eigenvalue weighted by Crippen LogP contribution is 2.07. The van der Waals surface area contributed by atoms with Crippen LogP contribution in [0.5, 0.6) is 0 Å². The zero-order chi connectivity index (χ0) is 25.5. The Balaban J connectivity index is 0.00000684. The number of hydrogen-bond acceptors (Lipinski definition) is 2. The average molecular weight is 659 g/mol. The highest BCUT2D eigenvalue weighted by Gasteiger charge is 2.05. The number of unbranched alkanes of at least 4 members (excludes halogenated alkanes) is 11. The molecule has 2 rings (SSSR count). The second kappa shape index (κ2) is 26.4. The SMILES string of the molecule is CCCCCCCC[n+]1cccc(COCCCCOCc2ccc[n+](CCCCCCCC)c2)c1.[Br-].[Br-]. The number of pyridine rings is 2. The van der Waals surface area contributed by atoms with Crippen molar-refractivity contribution in [2.75, 3.05) is 13.2 Å². The van der Waals surface area contributed by atoms with Gasteiger partial charge in [-0.05, 0) is 37.8 Å². The van der Waals surface area contributed by atoms with Crippen LogP contribution in [0.4, 0.5) is 0 Å². The Morgan fingerprint density at radius 2 is 0.921 bits per heavy atom. The van der Waals surface area contributed by atoms with E-state index in [4.69, 9.17) is 9.47 Å². The first-order chi connectivity index (χ1) is 17.8. The monoisotopic (exact) mass is 656 g/mol. The summed E-state index contributed by atoms with van der Waals surface area (Å²) in [5.74, 6) is 0. The molecule has 0 aliphatic rings. The van der Waals surface area contributed by atoms with Crippen LogP contribution in [0.25, 0.3) is 0 Å². The van der Waals surface area contributed by atoms with E-state index >= 15 is 0 Å².